The van der Waals surface area contributed by atoms with Gasteiger partial charge in [-0.3, -0.25) is 4.98 Å². The lowest BCUT2D eigenvalue weighted by Gasteiger charge is -2.05. The largest absolute Gasteiger partial charge is 1.00 e. The molecule has 1 N–H and O–H groups in total. The van der Waals surface area contributed by atoms with Crippen LogP contribution in [0.1, 0.15) is 12.0 Å². The summed E-state index contributed by atoms with van der Waals surface area (Å²) >= 11 is 0. The normalized spacial score (nSPS) is 9.88. The minimum atomic E-state index is 0. The summed E-state index contributed by atoms with van der Waals surface area (Å²) in [6.07, 6.45) is 10.4. The van der Waals surface area contributed by atoms with E-state index in [-0.39, 0.29) is 12.4 Å². The number of pyridine rings is 1. The molecule has 0 saturated heterocycles. The number of nitrogens with one attached hydrogen (secondary N) is 1. The summed E-state index contributed by atoms with van der Waals surface area (Å²) in [7, 11) is 0. The van der Waals surface area contributed by atoms with Crippen molar-refractivity contribution in [3.63, 3.8) is 0 Å². The molecule has 4 nitrogen and oxygen atoms in total. The van der Waals surface area contributed by atoms with Crippen LogP contribution in [0.3, 0.4) is 0 Å². The summed E-state index contributed by atoms with van der Waals surface area (Å²) in [5, 5.41) is 3.40. The second kappa shape index (κ2) is 7.81. The summed E-state index contributed by atoms with van der Waals surface area (Å²) in [6.45, 7) is 2.94. The van der Waals surface area contributed by atoms with Crippen LogP contribution in [-0.2, 0) is 13.1 Å². The van der Waals surface area contributed by atoms with E-state index in [1.54, 1.807) is 0 Å². The molecule has 0 aromatic carbocycles. The van der Waals surface area contributed by atoms with Crippen molar-refractivity contribution < 1.29 is 12.4 Å². The van der Waals surface area contributed by atoms with E-state index in [1.165, 1.54) is 5.56 Å². The summed E-state index contributed by atoms with van der Waals surface area (Å²) in [4.78, 5) is 7.99. The Labute approximate surface area is 108 Å². The third-order valence-corrected chi connectivity index (χ3v) is 2.41. The van der Waals surface area contributed by atoms with E-state index in [9.17, 15) is 0 Å². The third-order valence-electron chi connectivity index (χ3n) is 2.41. The van der Waals surface area contributed by atoms with E-state index in [0.717, 1.165) is 26.1 Å². The van der Waals surface area contributed by atoms with Gasteiger partial charge >= 0.3 is 0 Å². The monoisotopic (exact) mass is 251 g/mol. The van der Waals surface area contributed by atoms with Crippen LogP contribution in [0.15, 0.2) is 43.2 Å². The molecule has 0 saturated carbocycles. The van der Waals surface area contributed by atoms with Crippen LogP contribution in [0, 0.1) is 0 Å². The molecule has 2 heterocycles. The number of imidazole rings is 1. The van der Waals surface area contributed by atoms with Crippen molar-refractivity contribution in [2.45, 2.75) is 19.5 Å². The van der Waals surface area contributed by atoms with Crippen molar-refractivity contribution in [1.82, 2.24) is 19.9 Å². The zero-order chi connectivity index (χ0) is 11.1. The van der Waals surface area contributed by atoms with E-state index < -0.39 is 0 Å². The average molecular weight is 252 g/mol. The fourth-order valence-electron chi connectivity index (χ4n) is 1.54. The number of rotatable bonds is 6. The summed E-state index contributed by atoms with van der Waals surface area (Å²) < 4.78 is 2.09. The molecular formula is C12H16ClN4-. The number of nitrogens with zero attached hydrogens (tertiary/aromatic N) is 3. The summed E-state index contributed by atoms with van der Waals surface area (Å²) in [5.74, 6) is 0. The van der Waals surface area contributed by atoms with Gasteiger partial charge in [-0.15, -0.1) is 0 Å². The first-order valence-corrected chi connectivity index (χ1v) is 5.50. The lowest BCUT2D eigenvalue weighted by Crippen LogP contribution is -3.00. The first kappa shape index (κ1) is 13.7. The smallest absolute Gasteiger partial charge is 0.0945 e. The molecule has 0 unspecified atom stereocenters. The Morgan fingerprint density at radius 2 is 1.94 bits per heavy atom. The van der Waals surface area contributed by atoms with Gasteiger partial charge in [0.05, 0.1) is 6.33 Å². The lowest BCUT2D eigenvalue weighted by molar-refractivity contribution is -0.00000346. The van der Waals surface area contributed by atoms with Gasteiger partial charge < -0.3 is 22.3 Å². The molecule has 0 aliphatic heterocycles. The molecule has 92 valence electrons. The zero-order valence-electron chi connectivity index (χ0n) is 9.59. The second-order valence-corrected chi connectivity index (χ2v) is 3.69. The highest BCUT2D eigenvalue weighted by Gasteiger charge is 1.92. The quantitative estimate of drug-likeness (QED) is 0.633. The fraction of sp³-hybridized carbons (Fsp3) is 0.333. The molecule has 0 aliphatic carbocycles. The molecule has 2 rings (SSSR count). The topological polar surface area (TPSA) is 42.7 Å². The van der Waals surface area contributed by atoms with E-state index in [2.05, 4.69) is 19.9 Å². The Kier molecular flexibility index (Phi) is 6.29. The summed E-state index contributed by atoms with van der Waals surface area (Å²) in [5.41, 5.74) is 1.28. The molecule has 0 aliphatic rings. The first-order valence-electron chi connectivity index (χ1n) is 5.50. The van der Waals surface area contributed by atoms with Crippen molar-refractivity contribution in [2.75, 3.05) is 6.54 Å². The SMILES string of the molecule is [Cl-].c1cc(CNCCCn2ccnc2)ccn1. The van der Waals surface area contributed by atoms with Crippen LogP contribution in [0.2, 0.25) is 0 Å². The molecule has 17 heavy (non-hydrogen) atoms. The van der Waals surface area contributed by atoms with Gasteiger partial charge in [0.2, 0.25) is 0 Å². The maximum atomic E-state index is 4.00. The van der Waals surface area contributed by atoms with Crippen molar-refractivity contribution in [3.8, 4) is 0 Å². The first-order chi connectivity index (χ1) is 7.95. The van der Waals surface area contributed by atoms with Gasteiger partial charge in [0.25, 0.3) is 0 Å². The van der Waals surface area contributed by atoms with Crippen LogP contribution >= 0.6 is 0 Å². The van der Waals surface area contributed by atoms with Gasteiger partial charge in [-0.1, -0.05) is 0 Å². The Morgan fingerprint density at radius 1 is 1.12 bits per heavy atom. The zero-order valence-corrected chi connectivity index (χ0v) is 10.3. The molecule has 2 aromatic heterocycles. The van der Waals surface area contributed by atoms with Gasteiger partial charge in [-0.2, -0.15) is 0 Å². The van der Waals surface area contributed by atoms with Crippen LogP contribution in [0.25, 0.3) is 0 Å². The second-order valence-electron chi connectivity index (χ2n) is 3.69. The van der Waals surface area contributed by atoms with Crippen molar-refractivity contribution in [2.24, 2.45) is 0 Å². The van der Waals surface area contributed by atoms with Crippen LogP contribution in [0.4, 0.5) is 0 Å². The van der Waals surface area contributed by atoms with Crippen LogP contribution in [0.5, 0.6) is 0 Å². The Bertz CT molecular complexity index is 388. The van der Waals surface area contributed by atoms with Gasteiger partial charge in [0, 0.05) is 37.9 Å². The molecule has 0 atom stereocenters. The maximum absolute atomic E-state index is 4.00. The molecule has 5 heteroatoms. The molecule has 0 radical (unpaired) electrons. The highest BCUT2D eigenvalue weighted by molar-refractivity contribution is 5.08. The number of aryl methyl sites for hydroxylation is 1. The van der Waals surface area contributed by atoms with Crippen molar-refractivity contribution >= 4 is 0 Å². The molecule has 0 amide bonds. The number of aromatic nitrogens is 3. The summed E-state index contributed by atoms with van der Waals surface area (Å²) in [6, 6.07) is 4.06. The predicted octanol–water partition coefficient (Wildman–Crippen LogP) is -1.54. The molecular weight excluding hydrogens is 236 g/mol. The molecule has 0 fully saturated rings. The van der Waals surface area contributed by atoms with Crippen LogP contribution in [-0.4, -0.2) is 21.1 Å². The Hall–Kier alpha value is -1.39. The molecule has 0 spiro atoms. The molecule has 2 aromatic rings. The fourth-order valence-corrected chi connectivity index (χ4v) is 1.54. The van der Waals surface area contributed by atoms with Gasteiger partial charge in [0.1, 0.15) is 0 Å². The highest BCUT2D eigenvalue weighted by Crippen LogP contribution is 1.95. The Balaban J connectivity index is 0.00000144. The third kappa shape index (κ3) is 4.97. The van der Waals surface area contributed by atoms with Gasteiger partial charge in [-0.25, -0.2) is 4.98 Å². The van der Waals surface area contributed by atoms with E-state index >= 15 is 0 Å². The average Bonchev–Trinajstić information content (AvgIpc) is 2.83. The number of hydrogen-bond acceptors (Lipinski definition) is 3. The lowest BCUT2D eigenvalue weighted by atomic mass is 10.2. The standard InChI is InChI=1S/C12H16N4.ClH/c1(8-16-9-7-15-11-16)4-14-10-12-2-5-13-6-3-12;/h2-3,5-7,9,11,14H,1,4,8,10H2;1H/p-1. The van der Waals surface area contributed by atoms with E-state index in [0.29, 0.717) is 0 Å². The van der Waals surface area contributed by atoms with Crippen molar-refractivity contribution in [3.05, 3.63) is 48.8 Å². The van der Waals surface area contributed by atoms with Gasteiger partial charge in [-0.05, 0) is 30.7 Å². The maximum Gasteiger partial charge on any atom is 0.0945 e. The van der Waals surface area contributed by atoms with Crippen LogP contribution < -0.4 is 17.7 Å². The number of hydrogen-bond donors (Lipinski definition) is 1. The highest BCUT2D eigenvalue weighted by atomic mass is 35.5. The van der Waals surface area contributed by atoms with Crippen molar-refractivity contribution in [1.29, 1.82) is 0 Å². The van der Waals surface area contributed by atoms with E-state index in [1.807, 2.05) is 43.2 Å². The molecule has 0 bridgehead atoms. The van der Waals surface area contributed by atoms with Gasteiger partial charge in [0.15, 0.2) is 0 Å². The minimum Gasteiger partial charge on any atom is -1.00 e. The Morgan fingerprint density at radius 3 is 2.65 bits per heavy atom. The predicted molar refractivity (Wildman–Crippen MR) is 62.8 cm³/mol. The minimum absolute atomic E-state index is 0. The number of halogens is 1. The van der Waals surface area contributed by atoms with E-state index in [4.69, 9.17) is 0 Å².